The molecule has 1 N–H and O–H groups in total. The predicted molar refractivity (Wildman–Crippen MR) is 182 cm³/mol. The average Bonchev–Trinajstić information content (AvgIpc) is 3.83. The van der Waals surface area contributed by atoms with E-state index in [1.807, 2.05) is 20.8 Å². The lowest BCUT2D eigenvalue weighted by Gasteiger charge is -2.47. The largest absolute Gasteiger partial charge is 0.385 e. The number of aliphatic hydroxyl groups excluding tert-OH is 1. The fourth-order valence-electron chi connectivity index (χ4n) is 9.73. The van der Waals surface area contributed by atoms with Crippen LogP contribution in [0.3, 0.4) is 0 Å². The van der Waals surface area contributed by atoms with E-state index in [4.69, 9.17) is 0 Å². The number of sulfone groups is 1. The van der Waals surface area contributed by atoms with Crippen molar-refractivity contribution in [3.05, 3.63) is 0 Å². The van der Waals surface area contributed by atoms with Gasteiger partial charge in [-0.1, -0.05) is 73.6 Å². The van der Waals surface area contributed by atoms with E-state index in [2.05, 4.69) is 20.8 Å². The lowest BCUT2D eigenvalue weighted by Crippen LogP contribution is -2.52. The molecule has 0 aromatic heterocycles. The van der Waals surface area contributed by atoms with Crippen LogP contribution in [-0.4, -0.2) is 71.4 Å². The van der Waals surface area contributed by atoms with Crippen LogP contribution in [0.5, 0.6) is 0 Å². The van der Waals surface area contributed by atoms with Crippen LogP contribution in [0.4, 0.5) is 0 Å². The molecule has 266 valence electrons. The first kappa shape index (κ1) is 36.7. The maximum Gasteiger partial charge on any atom is 0.227 e. The van der Waals surface area contributed by atoms with Crippen molar-refractivity contribution in [3.8, 4) is 0 Å². The van der Waals surface area contributed by atoms with Gasteiger partial charge in [-0.15, -0.1) is 0 Å². The van der Waals surface area contributed by atoms with Crippen LogP contribution >= 0.6 is 0 Å². The molecule has 7 atom stereocenters. The number of Topliss-reactive ketones (excluding diaryl/α,β-unsaturated/α-hetero) is 3. The summed E-state index contributed by atoms with van der Waals surface area (Å²) in [6.07, 6.45) is 8.88. The molecule has 0 aromatic rings. The van der Waals surface area contributed by atoms with E-state index in [1.165, 1.54) is 0 Å². The van der Waals surface area contributed by atoms with Gasteiger partial charge in [-0.3, -0.25) is 19.2 Å². The Morgan fingerprint density at radius 2 is 1.64 bits per heavy atom. The molecule has 8 nitrogen and oxygen atoms in total. The minimum absolute atomic E-state index is 0.0238. The van der Waals surface area contributed by atoms with Crippen LogP contribution in [0.1, 0.15) is 138 Å². The van der Waals surface area contributed by atoms with Gasteiger partial charge in [0, 0.05) is 38.1 Å². The lowest BCUT2D eigenvalue weighted by molar-refractivity contribution is -0.148. The average molecular weight is 676 g/mol. The summed E-state index contributed by atoms with van der Waals surface area (Å²) in [5.74, 6) is -0.773. The summed E-state index contributed by atoms with van der Waals surface area (Å²) in [7, 11) is -3.18. The molecular weight excluding hydrogens is 614 g/mol. The smallest absolute Gasteiger partial charge is 0.227 e. The molecule has 5 rings (SSSR count). The molecular formula is C38H61NO7S. The zero-order valence-electron chi connectivity index (χ0n) is 29.9. The fourth-order valence-corrected chi connectivity index (χ4v) is 11.7. The number of carbonyl (C=O) groups is 4. The summed E-state index contributed by atoms with van der Waals surface area (Å²) < 4.78 is 25.6. The van der Waals surface area contributed by atoms with Gasteiger partial charge in [-0.05, 0) is 78.4 Å². The van der Waals surface area contributed by atoms with E-state index < -0.39 is 49.9 Å². The van der Waals surface area contributed by atoms with E-state index in [-0.39, 0.29) is 65.5 Å². The van der Waals surface area contributed by atoms with Crippen LogP contribution in [0.2, 0.25) is 0 Å². The Balaban J connectivity index is 1.33. The highest BCUT2D eigenvalue weighted by molar-refractivity contribution is 7.93. The van der Waals surface area contributed by atoms with Gasteiger partial charge in [0.05, 0.1) is 17.0 Å². The Labute approximate surface area is 283 Å². The van der Waals surface area contributed by atoms with Gasteiger partial charge >= 0.3 is 0 Å². The number of piperidine rings is 1. The van der Waals surface area contributed by atoms with Crippen LogP contribution in [0.25, 0.3) is 0 Å². The fraction of sp³-hybridized carbons (Fsp3) is 0.895. The second-order valence-corrected chi connectivity index (χ2v) is 20.2. The molecule has 0 aromatic carbocycles. The number of rotatable bonds is 16. The molecule has 0 radical (unpaired) electrons. The summed E-state index contributed by atoms with van der Waals surface area (Å²) in [5.41, 5.74) is -1.15. The zero-order chi connectivity index (χ0) is 34.5. The SMILES string of the molecule is CCCC[C@H](CC(=O)[C@@H]1[C@@H]2[C@H](CN1C(=O)[C@@H](CC(=O)CC1([C@@H]3CCS3(=O)=O)CCCCC1)C(C)(C)C)C2(C)C)C(O)C(=O)CC1CC1. The van der Waals surface area contributed by atoms with Crippen LogP contribution in [0, 0.1) is 45.8 Å². The van der Waals surface area contributed by atoms with E-state index in [0.29, 0.717) is 31.7 Å². The number of unbranched alkanes of at least 4 members (excludes halogenated alkanes) is 1. The Hall–Kier alpha value is -1.61. The molecule has 3 aliphatic carbocycles. The third-order valence-corrected chi connectivity index (χ3v) is 15.5. The van der Waals surface area contributed by atoms with Crippen LogP contribution < -0.4 is 0 Å². The number of hydrogen-bond acceptors (Lipinski definition) is 7. The van der Waals surface area contributed by atoms with E-state index in [9.17, 15) is 32.7 Å². The van der Waals surface area contributed by atoms with Gasteiger partial charge < -0.3 is 10.0 Å². The Morgan fingerprint density at radius 3 is 2.17 bits per heavy atom. The zero-order valence-corrected chi connectivity index (χ0v) is 30.7. The second kappa shape index (κ2) is 13.6. The van der Waals surface area contributed by atoms with Gasteiger partial charge in [-0.2, -0.15) is 0 Å². The first-order valence-electron chi connectivity index (χ1n) is 18.7. The quantitative estimate of drug-likeness (QED) is 0.209. The Kier molecular flexibility index (Phi) is 10.6. The monoisotopic (exact) mass is 675 g/mol. The minimum atomic E-state index is -3.18. The lowest BCUT2D eigenvalue weighted by atomic mass is 9.66. The second-order valence-electron chi connectivity index (χ2n) is 17.9. The molecule has 9 heteroatoms. The third-order valence-electron chi connectivity index (χ3n) is 13.1. The number of ketones is 3. The molecule has 2 aliphatic heterocycles. The molecule has 5 aliphatic rings. The van der Waals surface area contributed by atoms with Crippen molar-refractivity contribution in [1.29, 1.82) is 0 Å². The van der Waals surface area contributed by atoms with Crippen molar-refractivity contribution in [2.45, 2.75) is 155 Å². The molecule has 3 saturated carbocycles. The van der Waals surface area contributed by atoms with Crippen molar-refractivity contribution in [2.75, 3.05) is 12.3 Å². The number of aliphatic hydroxyl groups is 1. The minimum Gasteiger partial charge on any atom is -0.385 e. The van der Waals surface area contributed by atoms with Gasteiger partial charge in [-0.25, -0.2) is 8.42 Å². The van der Waals surface area contributed by atoms with Crippen molar-refractivity contribution in [1.82, 2.24) is 4.90 Å². The summed E-state index contributed by atoms with van der Waals surface area (Å²) in [5, 5.41) is 10.7. The van der Waals surface area contributed by atoms with Crippen LogP contribution in [0.15, 0.2) is 0 Å². The summed E-state index contributed by atoms with van der Waals surface area (Å²) >= 11 is 0. The van der Waals surface area contributed by atoms with Gasteiger partial charge in [0.15, 0.2) is 21.4 Å². The van der Waals surface area contributed by atoms with Crippen molar-refractivity contribution in [2.24, 2.45) is 45.8 Å². The predicted octanol–water partition coefficient (Wildman–Crippen LogP) is 6.11. The van der Waals surface area contributed by atoms with Gasteiger partial charge in [0.1, 0.15) is 11.9 Å². The molecule has 1 unspecified atom stereocenters. The molecule has 0 spiro atoms. The molecule has 2 saturated heterocycles. The highest BCUT2D eigenvalue weighted by atomic mass is 32.2. The number of fused-ring (bicyclic) bond motifs is 1. The molecule has 0 bridgehead atoms. The van der Waals surface area contributed by atoms with Crippen molar-refractivity contribution in [3.63, 3.8) is 0 Å². The van der Waals surface area contributed by atoms with Gasteiger partial charge in [0.2, 0.25) is 5.91 Å². The van der Waals surface area contributed by atoms with Gasteiger partial charge in [0.25, 0.3) is 0 Å². The van der Waals surface area contributed by atoms with E-state index >= 15 is 0 Å². The summed E-state index contributed by atoms with van der Waals surface area (Å²) in [4.78, 5) is 57.4. The highest BCUT2D eigenvalue weighted by Gasteiger charge is 2.69. The number of nitrogens with zero attached hydrogens (tertiary/aromatic N) is 1. The first-order chi connectivity index (χ1) is 21.9. The topological polar surface area (TPSA) is 126 Å². The summed E-state index contributed by atoms with van der Waals surface area (Å²) in [6.45, 7) is 12.7. The number of likely N-dealkylation sites (tertiary alicyclic amines) is 1. The Morgan fingerprint density at radius 1 is 0.979 bits per heavy atom. The van der Waals surface area contributed by atoms with Crippen molar-refractivity contribution < 1.29 is 32.7 Å². The maximum absolute atomic E-state index is 14.5. The van der Waals surface area contributed by atoms with E-state index in [1.54, 1.807) is 4.90 Å². The van der Waals surface area contributed by atoms with Crippen LogP contribution in [-0.2, 0) is 29.0 Å². The Bertz CT molecular complexity index is 1320. The summed E-state index contributed by atoms with van der Waals surface area (Å²) in [6, 6.07) is -0.623. The maximum atomic E-state index is 14.5. The van der Waals surface area contributed by atoms with Crippen molar-refractivity contribution >= 4 is 33.1 Å². The number of amides is 1. The molecule has 5 fully saturated rings. The normalized spacial score (nSPS) is 30.8. The molecule has 47 heavy (non-hydrogen) atoms. The molecule has 1 amide bonds. The standard InChI is InChI=1S/C38H61NO7S/c1-7-8-12-25(34(43)30(42)19-24-13-14-24)20-29(41)33-32-28(37(32,5)6)23-39(33)35(44)27(36(2,3)4)21-26(40)22-38(16-10-9-11-17-38)31-15-18-47(31,45)46/h24-25,27-28,31-34,43H,7-23H2,1-6H3/t25-,27-,28+,31+,32+,33-,34?/m1/s1. The third kappa shape index (κ3) is 7.61. The van der Waals surface area contributed by atoms with E-state index in [0.717, 1.165) is 57.8 Å². The highest BCUT2D eigenvalue weighted by Crippen LogP contribution is 2.65. The number of carbonyl (C=O) groups excluding carboxylic acids is 4. The first-order valence-corrected chi connectivity index (χ1v) is 20.4. The number of hydrogen-bond donors (Lipinski definition) is 1. The molecule has 2 heterocycles.